The molecule has 2 aromatic carbocycles. The van der Waals surface area contributed by atoms with E-state index >= 15 is 0 Å². The molecule has 2 aliphatic rings. The first-order valence-electron chi connectivity index (χ1n) is 10.5. The Morgan fingerprint density at radius 2 is 2.28 bits per heavy atom. The van der Waals surface area contributed by atoms with Gasteiger partial charge < -0.3 is 19.5 Å². The summed E-state index contributed by atoms with van der Waals surface area (Å²) in [4.78, 5) is 13.1. The van der Waals surface area contributed by atoms with Gasteiger partial charge in [-0.25, -0.2) is 8.78 Å². The van der Waals surface area contributed by atoms with Crippen molar-refractivity contribution in [3.63, 3.8) is 0 Å². The van der Waals surface area contributed by atoms with Crippen molar-refractivity contribution in [2.75, 3.05) is 20.3 Å². The Bertz CT molecular complexity index is 1170. The van der Waals surface area contributed by atoms with Gasteiger partial charge >= 0.3 is 0 Å². The summed E-state index contributed by atoms with van der Waals surface area (Å²) < 4.78 is 45.1. The van der Waals surface area contributed by atoms with Gasteiger partial charge in [0.1, 0.15) is 6.10 Å². The number of amides is 1. The van der Waals surface area contributed by atoms with E-state index in [0.29, 0.717) is 58.7 Å². The third kappa shape index (κ3) is 3.56. The molecule has 0 radical (unpaired) electrons. The Kier molecular flexibility index (Phi) is 5.21. The fourth-order valence-electron chi connectivity index (χ4n) is 4.45. The van der Waals surface area contributed by atoms with E-state index in [1.54, 1.807) is 24.4 Å². The van der Waals surface area contributed by atoms with Crippen molar-refractivity contribution in [1.82, 2.24) is 15.5 Å². The van der Waals surface area contributed by atoms with Crippen molar-refractivity contribution in [1.29, 1.82) is 0 Å². The molecule has 2 heterocycles. The zero-order valence-electron chi connectivity index (χ0n) is 17.5. The van der Waals surface area contributed by atoms with E-state index in [1.807, 2.05) is 0 Å². The van der Waals surface area contributed by atoms with E-state index in [2.05, 4.69) is 15.5 Å². The van der Waals surface area contributed by atoms with E-state index < -0.39 is 5.92 Å². The van der Waals surface area contributed by atoms with E-state index in [9.17, 15) is 13.6 Å². The van der Waals surface area contributed by atoms with Crippen molar-refractivity contribution in [2.24, 2.45) is 0 Å². The van der Waals surface area contributed by atoms with Crippen LogP contribution in [0.25, 0.3) is 10.9 Å². The third-order valence-electron chi connectivity index (χ3n) is 6.08. The summed E-state index contributed by atoms with van der Waals surface area (Å²) in [5, 5.41) is 10.4. The SMILES string of the molecule is COc1c(OC2CCOC2)cc(C(=O)NCc2cccc3c2CCC3(F)F)c2[nH]ncc12. The highest BCUT2D eigenvalue weighted by atomic mass is 19.3. The van der Waals surface area contributed by atoms with Crippen LogP contribution in [-0.4, -0.2) is 42.5 Å². The van der Waals surface area contributed by atoms with Gasteiger partial charge in [0.05, 0.1) is 43.0 Å². The molecule has 1 unspecified atom stereocenters. The zero-order valence-corrected chi connectivity index (χ0v) is 17.5. The zero-order chi connectivity index (χ0) is 22.3. The average molecular weight is 443 g/mol. The summed E-state index contributed by atoms with van der Waals surface area (Å²) in [5.41, 5.74) is 2.22. The Morgan fingerprint density at radius 3 is 3.06 bits per heavy atom. The second kappa shape index (κ2) is 8.05. The molecule has 1 fully saturated rings. The number of hydrogen-bond donors (Lipinski definition) is 2. The van der Waals surface area contributed by atoms with Gasteiger partial charge in [0.15, 0.2) is 11.5 Å². The number of nitrogens with one attached hydrogen (secondary N) is 2. The molecule has 0 spiro atoms. The maximum Gasteiger partial charge on any atom is 0.273 e. The number of aromatic amines is 1. The van der Waals surface area contributed by atoms with Crippen molar-refractivity contribution in [3.05, 3.63) is 52.7 Å². The van der Waals surface area contributed by atoms with Gasteiger partial charge in [0.25, 0.3) is 11.8 Å². The number of carbonyl (C=O) groups is 1. The number of methoxy groups -OCH3 is 1. The van der Waals surface area contributed by atoms with Crippen molar-refractivity contribution in [3.8, 4) is 11.5 Å². The first kappa shape index (κ1) is 20.7. The van der Waals surface area contributed by atoms with Crippen LogP contribution in [0.5, 0.6) is 11.5 Å². The number of fused-ring (bicyclic) bond motifs is 2. The van der Waals surface area contributed by atoms with Crippen molar-refractivity contribution in [2.45, 2.75) is 37.8 Å². The minimum atomic E-state index is -2.82. The van der Waals surface area contributed by atoms with Crippen molar-refractivity contribution >= 4 is 16.8 Å². The predicted molar refractivity (Wildman–Crippen MR) is 112 cm³/mol. The highest BCUT2D eigenvalue weighted by Crippen LogP contribution is 2.43. The van der Waals surface area contributed by atoms with Gasteiger partial charge in [0.2, 0.25) is 0 Å². The van der Waals surface area contributed by atoms with Crippen LogP contribution in [0.3, 0.4) is 0 Å². The lowest BCUT2D eigenvalue weighted by Crippen LogP contribution is -2.24. The highest BCUT2D eigenvalue weighted by Gasteiger charge is 2.39. The summed E-state index contributed by atoms with van der Waals surface area (Å²) in [6, 6.07) is 6.46. The quantitative estimate of drug-likeness (QED) is 0.607. The molecular formula is C23H23F2N3O4. The number of aromatic nitrogens is 2. The summed E-state index contributed by atoms with van der Waals surface area (Å²) >= 11 is 0. The number of alkyl halides is 2. The maximum atomic E-state index is 14.1. The molecule has 32 heavy (non-hydrogen) atoms. The third-order valence-corrected chi connectivity index (χ3v) is 6.08. The lowest BCUT2D eigenvalue weighted by Gasteiger charge is -2.17. The van der Waals surface area contributed by atoms with Crippen LogP contribution in [0.1, 0.15) is 39.9 Å². The number of hydrogen-bond acceptors (Lipinski definition) is 5. The monoisotopic (exact) mass is 443 g/mol. The van der Waals surface area contributed by atoms with Crippen LogP contribution in [-0.2, 0) is 23.6 Å². The Hall–Kier alpha value is -3.20. The standard InChI is InChI=1S/C23H23F2N3O4/c1-30-21-17-11-27-28-20(17)16(9-19(21)32-14-6-8-31-12-14)22(29)26-10-13-3-2-4-18-15(13)5-7-23(18,24)25/h2-4,9,11,14H,5-8,10,12H2,1H3,(H,26,29)(H,27,28). The molecule has 0 saturated carbocycles. The van der Waals surface area contributed by atoms with Gasteiger partial charge in [-0.2, -0.15) is 5.10 Å². The van der Waals surface area contributed by atoms with Gasteiger partial charge in [0, 0.05) is 24.9 Å². The predicted octanol–water partition coefficient (Wildman–Crippen LogP) is 3.71. The number of ether oxygens (including phenoxy) is 3. The minimum Gasteiger partial charge on any atom is -0.492 e. The first-order valence-corrected chi connectivity index (χ1v) is 10.5. The molecule has 1 aliphatic heterocycles. The Morgan fingerprint density at radius 1 is 1.41 bits per heavy atom. The fraction of sp³-hybridized carbons (Fsp3) is 0.391. The lowest BCUT2D eigenvalue weighted by atomic mass is 10.0. The number of carbonyl (C=O) groups excluding carboxylic acids is 1. The summed E-state index contributed by atoms with van der Waals surface area (Å²) in [6.07, 6.45) is 2.29. The number of halogens is 2. The number of benzene rings is 2. The smallest absolute Gasteiger partial charge is 0.273 e. The largest absolute Gasteiger partial charge is 0.492 e. The first-order chi connectivity index (χ1) is 15.5. The van der Waals surface area contributed by atoms with Crippen LogP contribution < -0.4 is 14.8 Å². The van der Waals surface area contributed by atoms with Crippen LogP contribution in [0.2, 0.25) is 0 Å². The molecule has 1 aliphatic carbocycles. The van der Waals surface area contributed by atoms with E-state index in [4.69, 9.17) is 14.2 Å². The molecule has 3 aromatic rings. The molecule has 0 bridgehead atoms. The van der Waals surface area contributed by atoms with Crippen LogP contribution in [0.15, 0.2) is 30.5 Å². The lowest BCUT2D eigenvalue weighted by molar-refractivity contribution is -0.00185. The second-order valence-electron chi connectivity index (χ2n) is 8.05. The van der Waals surface area contributed by atoms with Crippen LogP contribution in [0, 0.1) is 0 Å². The molecule has 7 nitrogen and oxygen atoms in total. The number of H-pyrrole nitrogens is 1. The van der Waals surface area contributed by atoms with E-state index in [-0.39, 0.29) is 30.5 Å². The average Bonchev–Trinajstić information content (AvgIpc) is 3.53. The normalized spacial score (nSPS) is 19.2. The van der Waals surface area contributed by atoms with Crippen molar-refractivity contribution < 1.29 is 27.8 Å². The molecule has 1 aromatic heterocycles. The Labute approximate surface area is 183 Å². The minimum absolute atomic E-state index is 0.0547. The number of rotatable bonds is 6. The molecule has 2 N–H and O–H groups in total. The summed E-state index contributed by atoms with van der Waals surface area (Å²) in [7, 11) is 1.53. The van der Waals surface area contributed by atoms with Crippen LogP contribution >= 0.6 is 0 Å². The van der Waals surface area contributed by atoms with E-state index in [1.165, 1.54) is 13.2 Å². The maximum absolute atomic E-state index is 14.1. The van der Waals surface area contributed by atoms with E-state index in [0.717, 1.165) is 6.42 Å². The molecule has 168 valence electrons. The molecule has 1 saturated heterocycles. The summed E-state index contributed by atoms with van der Waals surface area (Å²) in [5.74, 6) is -2.26. The van der Waals surface area contributed by atoms with Crippen LogP contribution in [0.4, 0.5) is 8.78 Å². The summed E-state index contributed by atoms with van der Waals surface area (Å²) in [6.45, 7) is 1.24. The van der Waals surface area contributed by atoms with Gasteiger partial charge in [-0.05, 0) is 23.6 Å². The topological polar surface area (TPSA) is 85.5 Å². The molecule has 1 atom stereocenters. The molecule has 9 heteroatoms. The van der Waals surface area contributed by atoms with Gasteiger partial charge in [-0.1, -0.05) is 18.2 Å². The highest BCUT2D eigenvalue weighted by molar-refractivity contribution is 6.08. The number of nitrogens with zero attached hydrogens (tertiary/aromatic N) is 1. The molecule has 1 amide bonds. The second-order valence-corrected chi connectivity index (χ2v) is 8.05. The molecule has 5 rings (SSSR count). The van der Waals surface area contributed by atoms with Gasteiger partial charge in [-0.15, -0.1) is 0 Å². The molecular weight excluding hydrogens is 420 g/mol. The van der Waals surface area contributed by atoms with Gasteiger partial charge in [-0.3, -0.25) is 9.89 Å². The fourth-order valence-corrected chi connectivity index (χ4v) is 4.45. The Balaban J connectivity index is 1.43.